The van der Waals surface area contributed by atoms with E-state index in [9.17, 15) is 4.79 Å². The van der Waals surface area contributed by atoms with Crippen LogP contribution in [0.15, 0.2) is 18.2 Å². The van der Waals surface area contributed by atoms with Gasteiger partial charge in [-0.05, 0) is 37.5 Å². The summed E-state index contributed by atoms with van der Waals surface area (Å²) in [6, 6.07) is 5.22. The van der Waals surface area contributed by atoms with E-state index in [2.05, 4.69) is 5.32 Å². The lowest BCUT2D eigenvalue weighted by Gasteiger charge is -2.20. The van der Waals surface area contributed by atoms with Crippen molar-refractivity contribution >= 4 is 5.91 Å². The number of carbonyl (C=O) groups excluding carboxylic acids is 1. The Balaban J connectivity index is 2.24. The highest BCUT2D eigenvalue weighted by Gasteiger charge is 2.46. The minimum Gasteiger partial charge on any atom is -0.493 e. The summed E-state index contributed by atoms with van der Waals surface area (Å²) in [5.74, 6) is 1.22. The smallest absolute Gasteiger partial charge is 0.237 e. The fourth-order valence-electron chi connectivity index (χ4n) is 2.09. The molecule has 0 spiro atoms. The number of hydrogen-bond donors (Lipinski definition) is 2. The molecule has 5 nitrogen and oxygen atoms in total. The minimum absolute atomic E-state index is 0.132. The van der Waals surface area contributed by atoms with Crippen LogP contribution >= 0.6 is 0 Å². The lowest BCUT2D eigenvalue weighted by Crippen LogP contribution is -2.44. The molecule has 1 aromatic rings. The van der Waals surface area contributed by atoms with Crippen LogP contribution in [0.2, 0.25) is 0 Å². The number of nitrogens with one attached hydrogen (secondary N) is 1. The number of benzene rings is 1. The fourth-order valence-corrected chi connectivity index (χ4v) is 2.09. The first-order chi connectivity index (χ1) is 9.02. The van der Waals surface area contributed by atoms with Gasteiger partial charge in [0.25, 0.3) is 0 Å². The summed E-state index contributed by atoms with van der Waals surface area (Å²) in [6.45, 7) is 1.68. The van der Waals surface area contributed by atoms with Crippen LogP contribution in [-0.4, -0.2) is 26.2 Å². The highest BCUT2D eigenvalue weighted by atomic mass is 16.5. The van der Waals surface area contributed by atoms with Gasteiger partial charge in [0.1, 0.15) is 0 Å². The average Bonchev–Trinajstić information content (AvgIpc) is 3.18. The van der Waals surface area contributed by atoms with Crippen molar-refractivity contribution in [3.63, 3.8) is 0 Å². The van der Waals surface area contributed by atoms with Crippen LogP contribution in [0.5, 0.6) is 11.5 Å². The summed E-state index contributed by atoms with van der Waals surface area (Å²) >= 11 is 0. The number of rotatable bonds is 5. The van der Waals surface area contributed by atoms with Crippen LogP contribution in [-0.2, 0) is 10.3 Å². The van der Waals surface area contributed by atoms with Gasteiger partial charge in [-0.25, -0.2) is 0 Å². The first kappa shape index (κ1) is 13.7. The normalized spacial score (nSPS) is 17.5. The molecule has 5 heteroatoms. The number of nitrogens with two attached hydrogens (primary N) is 1. The van der Waals surface area contributed by atoms with Gasteiger partial charge in [-0.2, -0.15) is 0 Å². The Labute approximate surface area is 113 Å². The molecule has 1 amide bonds. The van der Waals surface area contributed by atoms with Gasteiger partial charge in [-0.1, -0.05) is 6.07 Å². The summed E-state index contributed by atoms with van der Waals surface area (Å²) in [7, 11) is 3.20. The van der Waals surface area contributed by atoms with E-state index in [0.717, 1.165) is 18.4 Å². The maximum Gasteiger partial charge on any atom is 0.237 e. The summed E-state index contributed by atoms with van der Waals surface area (Å²) in [5, 5.41) is 3.01. The molecule has 0 bridgehead atoms. The van der Waals surface area contributed by atoms with Crippen molar-refractivity contribution in [1.29, 1.82) is 0 Å². The SMILES string of the molecule is COc1ccc(C2(NC(=O)C(C)N)CC2)cc1OC. The second-order valence-electron chi connectivity index (χ2n) is 4.93. The van der Waals surface area contributed by atoms with E-state index in [0.29, 0.717) is 11.5 Å². The Bertz CT molecular complexity index is 482. The number of carbonyl (C=O) groups is 1. The van der Waals surface area contributed by atoms with Gasteiger partial charge in [-0.3, -0.25) is 4.79 Å². The third-order valence-electron chi connectivity index (χ3n) is 3.46. The molecule has 1 aromatic carbocycles. The third kappa shape index (κ3) is 2.66. The van der Waals surface area contributed by atoms with E-state index in [1.54, 1.807) is 21.1 Å². The summed E-state index contributed by atoms with van der Waals surface area (Å²) in [5.41, 5.74) is 6.33. The maximum absolute atomic E-state index is 11.8. The predicted octanol–water partition coefficient (Wildman–Crippen LogP) is 1.16. The fraction of sp³-hybridized carbons (Fsp3) is 0.500. The van der Waals surface area contributed by atoms with Crippen molar-refractivity contribution in [2.45, 2.75) is 31.3 Å². The molecule has 19 heavy (non-hydrogen) atoms. The zero-order chi connectivity index (χ0) is 14.0. The van der Waals surface area contributed by atoms with Crippen LogP contribution in [0.4, 0.5) is 0 Å². The summed E-state index contributed by atoms with van der Waals surface area (Å²) in [6.07, 6.45) is 1.84. The van der Waals surface area contributed by atoms with Crippen LogP contribution in [0.25, 0.3) is 0 Å². The van der Waals surface area contributed by atoms with Crippen LogP contribution in [0.1, 0.15) is 25.3 Å². The largest absolute Gasteiger partial charge is 0.493 e. The number of ether oxygens (including phenoxy) is 2. The Morgan fingerprint density at radius 3 is 2.42 bits per heavy atom. The Hall–Kier alpha value is -1.75. The highest BCUT2D eigenvalue weighted by Crippen LogP contribution is 2.47. The molecule has 104 valence electrons. The molecule has 0 heterocycles. The summed E-state index contributed by atoms with van der Waals surface area (Å²) < 4.78 is 10.5. The van der Waals surface area contributed by atoms with Gasteiger partial charge in [0.2, 0.25) is 5.91 Å². The summed E-state index contributed by atoms with van der Waals surface area (Å²) in [4.78, 5) is 11.8. The molecule has 0 aliphatic heterocycles. The van der Waals surface area contributed by atoms with Crippen molar-refractivity contribution in [2.24, 2.45) is 5.73 Å². The lowest BCUT2D eigenvalue weighted by atomic mass is 10.0. The molecule has 2 rings (SSSR count). The molecule has 1 unspecified atom stereocenters. The first-order valence-corrected chi connectivity index (χ1v) is 6.32. The van der Waals surface area contributed by atoms with Crippen LogP contribution in [0.3, 0.4) is 0 Å². The first-order valence-electron chi connectivity index (χ1n) is 6.32. The molecule has 1 aliphatic rings. The second-order valence-corrected chi connectivity index (χ2v) is 4.93. The quantitative estimate of drug-likeness (QED) is 0.837. The van der Waals surface area contributed by atoms with E-state index in [1.807, 2.05) is 18.2 Å². The Morgan fingerprint density at radius 1 is 1.32 bits per heavy atom. The third-order valence-corrected chi connectivity index (χ3v) is 3.46. The highest BCUT2D eigenvalue weighted by molar-refractivity contribution is 5.82. The topological polar surface area (TPSA) is 73.6 Å². The molecule has 1 atom stereocenters. The van der Waals surface area contributed by atoms with Gasteiger partial charge in [0.15, 0.2) is 11.5 Å². The average molecular weight is 264 g/mol. The zero-order valence-corrected chi connectivity index (χ0v) is 11.5. The van der Waals surface area contributed by atoms with Gasteiger partial charge in [0, 0.05) is 0 Å². The van der Waals surface area contributed by atoms with E-state index < -0.39 is 6.04 Å². The molecule has 0 saturated heterocycles. The lowest BCUT2D eigenvalue weighted by molar-refractivity contribution is -0.123. The Morgan fingerprint density at radius 2 is 1.95 bits per heavy atom. The van der Waals surface area contributed by atoms with Gasteiger partial charge >= 0.3 is 0 Å². The van der Waals surface area contributed by atoms with Crippen molar-refractivity contribution in [3.05, 3.63) is 23.8 Å². The Kier molecular flexibility index (Phi) is 3.66. The number of hydrogen-bond acceptors (Lipinski definition) is 4. The van der Waals surface area contributed by atoms with E-state index >= 15 is 0 Å². The van der Waals surface area contributed by atoms with Gasteiger partial charge in [0.05, 0.1) is 25.8 Å². The molecule has 0 radical (unpaired) electrons. The van der Waals surface area contributed by atoms with Gasteiger partial charge in [-0.15, -0.1) is 0 Å². The van der Waals surface area contributed by atoms with Crippen LogP contribution in [0, 0.1) is 0 Å². The van der Waals surface area contributed by atoms with E-state index in [1.165, 1.54) is 0 Å². The zero-order valence-electron chi connectivity index (χ0n) is 11.5. The van der Waals surface area contributed by atoms with Crippen molar-refractivity contribution in [3.8, 4) is 11.5 Å². The van der Waals surface area contributed by atoms with Gasteiger partial charge < -0.3 is 20.5 Å². The molecule has 1 fully saturated rings. The number of amides is 1. The standard InChI is InChI=1S/C14H20N2O3/c1-9(15)13(17)16-14(6-7-14)10-4-5-11(18-2)12(8-10)19-3/h4-5,8-9H,6-7,15H2,1-3H3,(H,16,17). The molecular formula is C14H20N2O3. The second kappa shape index (κ2) is 5.09. The molecule has 0 aromatic heterocycles. The molecule has 3 N–H and O–H groups in total. The van der Waals surface area contributed by atoms with Crippen molar-refractivity contribution < 1.29 is 14.3 Å². The molecule has 1 saturated carbocycles. The molecular weight excluding hydrogens is 244 g/mol. The maximum atomic E-state index is 11.8. The van der Waals surface area contributed by atoms with Crippen LogP contribution < -0.4 is 20.5 Å². The van der Waals surface area contributed by atoms with E-state index in [-0.39, 0.29) is 11.4 Å². The van der Waals surface area contributed by atoms with Crippen molar-refractivity contribution in [2.75, 3.05) is 14.2 Å². The van der Waals surface area contributed by atoms with Crippen molar-refractivity contribution in [1.82, 2.24) is 5.32 Å². The number of methoxy groups -OCH3 is 2. The van der Waals surface area contributed by atoms with E-state index in [4.69, 9.17) is 15.2 Å². The predicted molar refractivity (Wildman–Crippen MR) is 72.3 cm³/mol. The monoisotopic (exact) mass is 264 g/mol. The minimum atomic E-state index is -0.502. The molecule has 1 aliphatic carbocycles.